The molecule has 0 bridgehead atoms. The van der Waals surface area contributed by atoms with Gasteiger partial charge in [0, 0.05) is 22.5 Å². The molecule has 0 radical (unpaired) electrons. The number of nitrogens with two attached hydrogens (primary N) is 1. The van der Waals surface area contributed by atoms with Crippen molar-refractivity contribution in [3.63, 3.8) is 0 Å². The second-order valence-corrected chi connectivity index (χ2v) is 7.06. The van der Waals surface area contributed by atoms with Crippen LogP contribution in [-0.2, 0) is 0 Å². The van der Waals surface area contributed by atoms with E-state index < -0.39 is 0 Å². The van der Waals surface area contributed by atoms with Crippen LogP contribution in [0, 0.1) is 5.92 Å². The fraction of sp³-hybridized carbons (Fsp3) is 0.625. The Balaban J connectivity index is 1.89. The van der Waals surface area contributed by atoms with Gasteiger partial charge in [-0.25, -0.2) is 0 Å². The van der Waals surface area contributed by atoms with E-state index in [9.17, 15) is 0 Å². The highest BCUT2D eigenvalue weighted by Crippen LogP contribution is 2.47. The third-order valence-corrected chi connectivity index (χ3v) is 5.27. The van der Waals surface area contributed by atoms with Crippen LogP contribution in [0.2, 0.25) is 0 Å². The van der Waals surface area contributed by atoms with Crippen LogP contribution in [0.4, 0.5) is 0 Å². The molecule has 0 aromatic heterocycles. The molecule has 104 valence electrons. The van der Waals surface area contributed by atoms with Gasteiger partial charge in [0.05, 0.1) is 0 Å². The van der Waals surface area contributed by atoms with Crippen LogP contribution in [0.3, 0.4) is 0 Å². The lowest BCUT2D eigenvalue weighted by Crippen LogP contribution is -2.46. The van der Waals surface area contributed by atoms with Gasteiger partial charge >= 0.3 is 0 Å². The lowest BCUT2D eigenvalue weighted by atomic mass is 9.72. The van der Waals surface area contributed by atoms with Gasteiger partial charge in [-0.3, -0.25) is 0 Å². The molecule has 0 saturated heterocycles. The van der Waals surface area contributed by atoms with Gasteiger partial charge in [-0.15, -0.1) is 0 Å². The third kappa shape index (κ3) is 2.55. The number of halogens is 1. The van der Waals surface area contributed by atoms with E-state index in [0.29, 0.717) is 0 Å². The topological polar surface area (TPSA) is 35.2 Å². The van der Waals surface area contributed by atoms with Gasteiger partial charge < -0.3 is 10.5 Å². The van der Waals surface area contributed by atoms with Crippen LogP contribution in [-0.4, -0.2) is 5.60 Å². The minimum absolute atomic E-state index is 0.000821. The second-order valence-electron chi connectivity index (χ2n) is 6.15. The summed E-state index contributed by atoms with van der Waals surface area (Å²) in [5.41, 5.74) is 7.56. The molecule has 2 N–H and O–H groups in total. The molecule has 1 saturated carbocycles. The van der Waals surface area contributed by atoms with Crippen molar-refractivity contribution in [2.24, 2.45) is 11.7 Å². The zero-order valence-electron chi connectivity index (χ0n) is 11.5. The average Bonchev–Trinajstić information content (AvgIpc) is 2.40. The highest BCUT2D eigenvalue weighted by atomic mass is 79.9. The molecule has 2 aliphatic rings. The number of rotatable bonds is 1. The molecule has 2 unspecified atom stereocenters. The summed E-state index contributed by atoms with van der Waals surface area (Å²) in [5.74, 6) is 1.80. The molecule has 1 aromatic carbocycles. The van der Waals surface area contributed by atoms with Crippen molar-refractivity contribution >= 4 is 15.9 Å². The summed E-state index contributed by atoms with van der Waals surface area (Å²) in [6.07, 6.45) is 7.18. The summed E-state index contributed by atoms with van der Waals surface area (Å²) in [5, 5.41) is 0. The molecular formula is C16H22BrNO. The summed E-state index contributed by atoms with van der Waals surface area (Å²) in [4.78, 5) is 0. The van der Waals surface area contributed by atoms with E-state index in [-0.39, 0.29) is 11.6 Å². The first-order chi connectivity index (χ1) is 9.12. The molecule has 2 nitrogen and oxygen atoms in total. The number of ether oxygens (including phenoxy) is 1. The first-order valence-electron chi connectivity index (χ1n) is 7.36. The molecule has 3 heteroatoms. The Hall–Kier alpha value is -0.540. The molecule has 3 rings (SSSR count). The molecule has 1 heterocycles. The first kappa shape index (κ1) is 13.4. The number of hydrogen-bond donors (Lipinski definition) is 1. The van der Waals surface area contributed by atoms with Crippen molar-refractivity contribution in [1.29, 1.82) is 0 Å². The zero-order chi connectivity index (χ0) is 13.5. The van der Waals surface area contributed by atoms with Crippen molar-refractivity contribution in [3.8, 4) is 5.75 Å². The summed E-state index contributed by atoms with van der Waals surface area (Å²) >= 11 is 3.52. The van der Waals surface area contributed by atoms with Gasteiger partial charge in [-0.1, -0.05) is 35.7 Å². The largest absolute Gasteiger partial charge is 0.487 e. The molecule has 1 aliphatic carbocycles. The minimum atomic E-state index is -0.000821. The predicted octanol–water partition coefficient (Wildman–Crippen LogP) is 4.57. The van der Waals surface area contributed by atoms with Crippen LogP contribution < -0.4 is 10.5 Å². The van der Waals surface area contributed by atoms with Crippen LogP contribution in [0.25, 0.3) is 0 Å². The lowest BCUT2D eigenvalue weighted by Gasteiger charge is -2.46. The molecule has 3 atom stereocenters. The lowest BCUT2D eigenvalue weighted by molar-refractivity contribution is -0.0175. The van der Waals surface area contributed by atoms with E-state index in [4.69, 9.17) is 10.5 Å². The van der Waals surface area contributed by atoms with Crippen LogP contribution in [0.1, 0.15) is 57.1 Å². The standard InChI is InChI=1S/C16H22BrNO/c1-2-11-4-3-7-16(9-11)10-14(18)13-8-12(17)5-6-15(13)19-16/h5-6,8,11,14H,2-4,7,9-10,18H2,1H3/t11?,14-,16?/m1/s1. The summed E-state index contributed by atoms with van der Waals surface area (Å²) < 4.78 is 7.50. The predicted molar refractivity (Wildman–Crippen MR) is 81.3 cm³/mol. The fourth-order valence-corrected chi connectivity index (χ4v) is 4.14. The van der Waals surface area contributed by atoms with Crippen molar-refractivity contribution in [1.82, 2.24) is 0 Å². The molecule has 1 spiro atoms. The molecular weight excluding hydrogens is 302 g/mol. The Morgan fingerprint density at radius 2 is 2.26 bits per heavy atom. The Bertz CT molecular complexity index is 476. The fourth-order valence-electron chi connectivity index (χ4n) is 3.76. The molecule has 1 aromatic rings. The Morgan fingerprint density at radius 1 is 1.42 bits per heavy atom. The second kappa shape index (κ2) is 5.10. The Labute approximate surface area is 123 Å². The maximum absolute atomic E-state index is 6.42. The first-order valence-corrected chi connectivity index (χ1v) is 8.15. The SMILES string of the molecule is CCC1CCCC2(C1)C[C@@H](N)c1cc(Br)ccc1O2. The van der Waals surface area contributed by atoms with Gasteiger partial charge in [-0.2, -0.15) is 0 Å². The quantitative estimate of drug-likeness (QED) is 0.821. The number of hydrogen-bond acceptors (Lipinski definition) is 2. The van der Waals surface area contributed by atoms with E-state index in [1.807, 2.05) is 6.07 Å². The molecule has 19 heavy (non-hydrogen) atoms. The highest BCUT2D eigenvalue weighted by molar-refractivity contribution is 9.10. The van der Waals surface area contributed by atoms with Gasteiger partial charge in [0.2, 0.25) is 0 Å². The number of fused-ring (bicyclic) bond motifs is 1. The van der Waals surface area contributed by atoms with Crippen molar-refractivity contribution < 1.29 is 4.74 Å². The van der Waals surface area contributed by atoms with E-state index >= 15 is 0 Å². The monoisotopic (exact) mass is 323 g/mol. The number of benzene rings is 1. The third-order valence-electron chi connectivity index (χ3n) is 4.77. The minimum Gasteiger partial charge on any atom is -0.487 e. The van der Waals surface area contributed by atoms with Crippen molar-refractivity contribution in [2.75, 3.05) is 0 Å². The van der Waals surface area contributed by atoms with E-state index in [2.05, 4.69) is 35.0 Å². The summed E-state index contributed by atoms with van der Waals surface area (Å²) in [7, 11) is 0. The van der Waals surface area contributed by atoms with E-state index in [1.54, 1.807) is 0 Å². The van der Waals surface area contributed by atoms with Crippen LogP contribution >= 0.6 is 15.9 Å². The summed E-state index contributed by atoms with van der Waals surface area (Å²) in [6, 6.07) is 6.32. The van der Waals surface area contributed by atoms with E-state index in [0.717, 1.165) is 34.5 Å². The van der Waals surface area contributed by atoms with Gasteiger partial charge in [0.25, 0.3) is 0 Å². The smallest absolute Gasteiger partial charge is 0.124 e. The van der Waals surface area contributed by atoms with Crippen molar-refractivity contribution in [3.05, 3.63) is 28.2 Å². The zero-order valence-corrected chi connectivity index (χ0v) is 13.1. The van der Waals surface area contributed by atoms with Crippen LogP contribution in [0.5, 0.6) is 5.75 Å². The normalized spacial score (nSPS) is 33.8. The Morgan fingerprint density at radius 3 is 3.05 bits per heavy atom. The molecule has 1 fully saturated rings. The van der Waals surface area contributed by atoms with Gasteiger partial charge in [0.15, 0.2) is 0 Å². The summed E-state index contributed by atoms with van der Waals surface area (Å²) in [6.45, 7) is 2.29. The van der Waals surface area contributed by atoms with Gasteiger partial charge in [0.1, 0.15) is 11.4 Å². The average molecular weight is 324 g/mol. The van der Waals surface area contributed by atoms with Crippen molar-refractivity contribution in [2.45, 2.75) is 57.1 Å². The van der Waals surface area contributed by atoms with Crippen LogP contribution in [0.15, 0.2) is 22.7 Å². The molecule has 1 aliphatic heterocycles. The van der Waals surface area contributed by atoms with Gasteiger partial charge in [-0.05, 0) is 43.4 Å². The highest BCUT2D eigenvalue weighted by Gasteiger charge is 2.43. The maximum atomic E-state index is 6.42. The molecule has 0 amide bonds. The Kier molecular flexibility index (Phi) is 3.61. The maximum Gasteiger partial charge on any atom is 0.124 e. The van der Waals surface area contributed by atoms with E-state index in [1.165, 1.54) is 25.7 Å².